The molecule has 5 nitrogen and oxygen atoms in total. The first-order chi connectivity index (χ1) is 12.5. The van der Waals surface area contributed by atoms with E-state index in [2.05, 4.69) is 15.0 Å². The van der Waals surface area contributed by atoms with E-state index in [0.717, 1.165) is 5.56 Å². The van der Waals surface area contributed by atoms with Crippen LogP contribution in [-0.4, -0.2) is 19.2 Å². The Morgan fingerprint density at radius 2 is 1.65 bits per heavy atom. The first-order valence-electron chi connectivity index (χ1n) is 8.04. The van der Waals surface area contributed by atoms with Gasteiger partial charge in [-0.05, 0) is 36.2 Å². The summed E-state index contributed by atoms with van der Waals surface area (Å²) < 4.78 is 40.5. The highest BCUT2D eigenvalue weighted by Crippen LogP contribution is 2.19. The second-order valence-corrected chi connectivity index (χ2v) is 7.54. The van der Waals surface area contributed by atoms with Gasteiger partial charge >= 0.3 is 0 Å². The third-order valence-corrected chi connectivity index (χ3v) is 4.96. The van der Waals surface area contributed by atoms with E-state index < -0.39 is 10.0 Å². The quantitative estimate of drug-likeness (QED) is 0.660. The van der Waals surface area contributed by atoms with E-state index >= 15 is 0 Å². The van der Waals surface area contributed by atoms with Crippen LogP contribution in [0.25, 0.3) is 0 Å². The van der Waals surface area contributed by atoms with Crippen molar-refractivity contribution >= 4 is 27.2 Å². The molecule has 1 heterocycles. The van der Waals surface area contributed by atoms with Gasteiger partial charge in [0.2, 0.25) is 10.0 Å². The van der Waals surface area contributed by atoms with Crippen LogP contribution < -0.4 is 10.0 Å². The highest BCUT2D eigenvalue weighted by molar-refractivity contribution is 7.92. The lowest BCUT2D eigenvalue weighted by Gasteiger charge is -2.10. The van der Waals surface area contributed by atoms with Crippen LogP contribution in [0.15, 0.2) is 72.9 Å². The zero-order chi connectivity index (χ0) is 18.4. The lowest BCUT2D eigenvalue weighted by molar-refractivity contribution is 0.600. The molecule has 0 spiro atoms. The molecule has 0 atom stereocenters. The summed E-state index contributed by atoms with van der Waals surface area (Å²) in [6, 6.07) is 18.8. The highest BCUT2D eigenvalue weighted by Gasteiger charge is 2.11. The van der Waals surface area contributed by atoms with Gasteiger partial charge in [-0.25, -0.2) is 17.8 Å². The van der Waals surface area contributed by atoms with Gasteiger partial charge in [-0.3, -0.25) is 4.72 Å². The number of rotatable bonds is 7. The van der Waals surface area contributed by atoms with Crippen LogP contribution in [0.3, 0.4) is 0 Å². The van der Waals surface area contributed by atoms with Crippen LogP contribution >= 0.6 is 0 Å². The Bertz CT molecular complexity index is 962. The molecule has 0 aliphatic carbocycles. The van der Waals surface area contributed by atoms with Crippen LogP contribution in [0.2, 0.25) is 0 Å². The fourth-order valence-electron chi connectivity index (χ4n) is 2.36. The molecular weight excluding hydrogens is 353 g/mol. The van der Waals surface area contributed by atoms with E-state index in [0.29, 0.717) is 23.6 Å². The first kappa shape index (κ1) is 17.9. The molecule has 2 aromatic carbocycles. The van der Waals surface area contributed by atoms with Crippen molar-refractivity contribution in [2.75, 3.05) is 15.8 Å². The van der Waals surface area contributed by atoms with Crippen molar-refractivity contribution in [3.8, 4) is 0 Å². The Balaban J connectivity index is 1.60. The van der Waals surface area contributed by atoms with E-state index in [9.17, 15) is 12.8 Å². The third kappa shape index (κ3) is 5.03. The molecule has 0 radical (unpaired) electrons. The van der Waals surface area contributed by atoms with Crippen molar-refractivity contribution in [3.63, 3.8) is 0 Å². The summed E-state index contributed by atoms with van der Waals surface area (Å²) in [7, 11) is -3.48. The number of aryl methyl sites for hydroxylation is 1. The monoisotopic (exact) mass is 371 g/mol. The van der Waals surface area contributed by atoms with Crippen molar-refractivity contribution in [2.24, 2.45) is 0 Å². The van der Waals surface area contributed by atoms with Gasteiger partial charge in [0.25, 0.3) is 0 Å². The molecule has 0 unspecified atom stereocenters. The number of nitrogens with zero attached hydrogens (tertiary/aromatic N) is 1. The Kier molecular flexibility index (Phi) is 5.48. The Morgan fingerprint density at radius 1 is 0.923 bits per heavy atom. The predicted molar refractivity (Wildman–Crippen MR) is 101 cm³/mol. The fraction of sp³-hybridized carbons (Fsp3) is 0.105. The number of aromatic nitrogens is 1. The largest absolute Gasteiger partial charge is 0.338 e. The number of para-hydroxylation sites is 1. The molecule has 3 rings (SSSR count). The lowest BCUT2D eigenvalue weighted by atomic mass is 10.2. The number of pyridine rings is 1. The van der Waals surface area contributed by atoms with Crippen LogP contribution in [-0.2, 0) is 16.4 Å². The third-order valence-electron chi connectivity index (χ3n) is 3.68. The van der Waals surface area contributed by atoms with Gasteiger partial charge in [0.05, 0.1) is 23.3 Å². The number of anilines is 3. The number of nitrogens with one attached hydrogen (secondary N) is 2. The minimum absolute atomic E-state index is 0.0216. The minimum atomic E-state index is -3.48. The Labute approximate surface area is 152 Å². The molecule has 0 fully saturated rings. The molecule has 0 aliphatic heterocycles. The van der Waals surface area contributed by atoms with Crippen LogP contribution in [0, 0.1) is 5.82 Å². The van der Waals surface area contributed by atoms with Crippen LogP contribution in [0.4, 0.5) is 21.6 Å². The van der Waals surface area contributed by atoms with Gasteiger partial charge in [-0.15, -0.1) is 0 Å². The molecule has 134 valence electrons. The maximum Gasteiger partial charge on any atom is 0.233 e. The van der Waals surface area contributed by atoms with E-state index in [-0.39, 0.29) is 11.6 Å². The number of benzene rings is 2. The van der Waals surface area contributed by atoms with E-state index in [1.165, 1.54) is 12.3 Å². The predicted octanol–water partition coefficient (Wildman–Crippen LogP) is 3.95. The molecule has 0 saturated heterocycles. The van der Waals surface area contributed by atoms with Gasteiger partial charge in [0.15, 0.2) is 0 Å². The van der Waals surface area contributed by atoms with Crippen molar-refractivity contribution in [1.82, 2.24) is 4.98 Å². The summed E-state index contributed by atoms with van der Waals surface area (Å²) in [6.45, 7) is 0. The van der Waals surface area contributed by atoms with Crippen LogP contribution in [0.1, 0.15) is 5.56 Å². The number of sulfonamides is 1. The Morgan fingerprint density at radius 3 is 2.35 bits per heavy atom. The number of halogens is 1. The molecule has 0 bridgehead atoms. The lowest BCUT2D eigenvalue weighted by Crippen LogP contribution is -2.18. The average Bonchev–Trinajstić information content (AvgIpc) is 2.64. The maximum absolute atomic E-state index is 13.6. The second-order valence-electron chi connectivity index (χ2n) is 5.69. The topological polar surface area (TPSA) is 71.1 Å². The van der Waals surface area contributed by atoms with E-state index in [1.807, 2.05) is 30.3 Å². The molecule has 0 saturated carbocycles. The van der Waals surface area contributed by atoms with Gasteiger partial charge in [0, 0.05) is 0 Å². The van der Waals surface area contributed by atoms with Crippen molar-refractivity contribution < 1.29 is 12.8 Å². The summed E-state index contributed by atoms with van der Waals surface area (Å²) in [6.07, 6.45) is 1.82. The number of hydrogen-bond acceptors (Lipinski definition) is 4. The normalized spacial score (nSPS) is 11.1. The molecule has 7 heteroatoms. The molecular formula is C19H18FN3O2S. The summed E-state index contributed by atoms with van der Waals surface area (Å²) in [5, 5.41) is 2.85. The smallest absolute Gasteiger partial charge is 0.233 e. The minimum Gasteiger partial charge on any atom is -0.338 e. The van der Waals surface area contributed by atoms with Crippen LogP contribution in [0.5, 0.6) is 0 Å². The fourth-order valence-corrected chi connectivity index (χ4v) is 3.44. The summed E-state index contributed by atoms with van der Waals surface area (Å²) in [5.74, 6) is 0.00834. The zero-order valence-electron chi connectivity index (χ0n) is 13.9. The summed E-state index contributed by atoms with van der Waals surface area (Å²) >= 11 is 0. The molecule has 2 N–H and O–H groups in total. The van der Waals surface area contributed by atoms with Gasteiger partial charge in [0.1, 0.15) is 11.6 Å². The van der Waals surface area contributed by atoms with E-state index in [4.69, 9.17) is 0 Å². The molecule has 1 aromatic heterocycles. The van der Waals surface area contributed by atoms with E-state index in [1.54, 1.807) is 30.3 Å². The van der Waals surface area contributed by atoms with Gasteiger partial charge < -0.3 is 5.32 Å². The van der Waals surface area contributed by atoms with Gasteiger partial charge in [-0.2, -0.15) is 0 Å². The SMILES string of the molecule is O=S(=O)(CCc1ccccc1)Nc1ccc(Nc2ccccc2F)nc1. The van der Waals surface area contributed by atoms with Crippen molar-refractivity contribution in [3.05, 3.63) is 84.3 Å². The average molecular weight is 371 g/mol. The van der Waals surface area contributed by atoms with Gasteiger partial charge in [-0.1, -0.05) is 42.5 Å². The number of hydrogen-bond donors (Lipinski definition) is 2. The maximum atomic E-state index is 13.6. The summed E-state index contributed by atoms with van der Waals surface area (Å²) in [4.78, 5) is 4.11. The Hall–Kier alpha value is -2.93. The standard InChI is InChI=1S/C19H18FN3O2S/c20-17-8-4-5-9-18(17)22-19-11-10-16(14-21-19)23-26(24,25)13-12-15-6-2-1-3-7-15/h1-11,14,23H,12-13H2,(H,21,22). The van der Waals surface area contributed by atoms with Crippen molar-refractivity contribution in [1.29, 1.82) is 0 Å². The highest BCUT2D eigenvalue weighted by atomic mass is 32.2. The summed E-state index contributed by atoms with van der Waals surface area (Å²) in [5.41, 5.74) is 1.62. The molecule has 26 heavy (non-hydrogen) atoms. The molecule has 0 amide bonds. The molecule has 3 aromatic rings. The second kappa shape index (κ2) is 7.97. The zero-order valence-corrected chi connectivity index (χ0v) is 14.7. The first-order valence-corrected chi connectivity index (χ1v) is 9.69. The van der Waals surface area contributed by atoms with Crippen molar-refractivity contribution in [2.45, 2.75) is 6.42 Å². The molecule has 0 aliphatic rings.